The number of hydrogen-bond acceptors (Lipinski definition) is 3. The highest BCUT2D eigenvalue weighted by Crippen LogP contribution is 2.36. The highest BCUT2D eigenvalue weighted by Gasteiger charge is 2.45. The first kappa shape index (κ1) is 16.9. The van der Waals surface area contributed by atoms with Crippen molar-refractivity contribution in [2.24, 2.45) is 0 Å². The Morgan fingerprint density at radius 1 is 1.10 bits per heavy atom. The standard InChI is InChI=1S/C14H23F3N2OS/c15-14(16,17)21-11-8-18-12(20)13(6-2-1-3-7-13)19-9-4-5-10-19/h1-11H2,(H,18,20). The second-order valence-corrected chi connectivity index (χ2v) is 7.00. The first-order valence-electron chi connectivity index (χ1n) is 7.68. The van der Waals surface area contributed by atoms with E-state index in [1.807, 2.05) is 0 Å². The van der Waals surface area contributed by atoms with E-state index in [9.17, 15) is 18.0 Å². The van der Waals surface area contributed by atoms with Gasteiger partial charge in [0, 0.05) is 12.3 Å². The maximum atomic E-state index is 12.6. The summed E-state index contributed by atoms with van der Waals surface area (Å²) >= 11 is -0.0750. The smallest absolute Gasteiger partial charge is 0.354 e. The lowest BCUT2D eigenvalue weighted by Gasteiger charge is -2.43. The highest BCUT2D eigenvalue weighted by molar-refractivity contribution is 8.00. The van der Waals surface area contributed by atoms with Crippen LogP contribution >= 0.6 is 11.8 Å². The zero-order valence-corrected chi connectivity index (χ0v) is 13.0. The van der Waals surface area contributed by atoms with Crippen LogP contribution in [-0.4, -0.2) is 47.2 Å². The molecule has 7 heteroatoms. The summed E-state index contributed by atoms with van der Waals surface area (Å²) in [4.78, 5) is 14.9. The molecule has 0 aromatic carbocycles. The van der Waals surface area contributed by atoms with Gasteiger partial charge < -0.3 is 5.32 Å². The fraction of sp³-hybridized carbons (Fsp3) is 0.929. The van der Waals surface area contributed by atoms with Gasteiger partial charge in [-0.05, 0) is 50.5 Å². The van der Waals surface area contributed by atoms with E-state index < -0.39 is 11.0 Å². The number of amides is 1. The summed E-state index contributed by atoms with van der Waals surface area (Å²) in [7, 11) is 0. The third kappa shape index (κ3) is 4.52. The minimum Gasteiger partial charge on any atom is -0.354 e. The first-order chi connectivity index (χ1) is 9.94. The number of nitrogens with one attached hydrogen (secondary N) is 1. The number of carbonyl (C=O) groups excluding carboxylic acids is 1. The number of likely N-dealkylation sites (tertiary alicyclic amines) is 1. The Kier molecular flexibility index (Phi) is 5.82. The summed E-state index contributed by atoms with van der Waals surface area (Å²) in [5, 5.41) is 2.74. The van der Waals surface area contributed by atoms with Crippen LogP contribution in [0.1, 0.15) is 44.9 Å². The predicted molar refractivity (Wildman–Crippen MR) is 78.1 cm³/mol. The third-order valence-corrected chi connectivity index (χ3v) is 5.20. The van der Waals surface area contributed by atoms with E-state index in [0.29, 0.717) is 0 Å². The number of halogens is 3. The van der Waals surface area contributed by atoms with Crippen molar-refractivity contribution >= 4 is 17.7 Å². The SMILES string of the molecule is O=C(NCCSC(F)(F)F)C1(N2CCCC2)CCCCC1. The molecule has 1 aliphatic heterocycles. The van der Waals surface area contributed by atoms with Crippen molar-refractivity contribution in [3.8, 4) is 0 Å². The summed E-state index contributed by atoms with van der Waals surface area (Å²) in [6.45, 7) is 1.95. The minimum atomic E-state index is -4.22. The lowest BCUT2D eigenvalue weighted by atomic mass is 9.79. The monoisotopic (exact) mass is 324 g/mol. The van der Waals surface area contributed by atoms with E-state index in [0.717, 1.165) is 58.0 Å². The van der Waals surface area contributed by atoms with Gasteiger partial charge in [0.15, 0.2) is 0 Å². The first-order valence-corrected chi connectivity index (χ1v) is 8.67. The van der Waals surface area contributed by atoms with E-state index in [-0.39, 0.29) is 30.0 Å². The Morgan fingerprint density at radius 3 is 2.29 bits per heavy atom. The molecule has 0 aromatic heterocycles. The lowest BCUT2D eigenvalue weighted by molar-refractivity contribution is -0.135. The Morgan fingerprint density at radius 2 is 1.71 bits per heavy atom. The van der Waals surface area contributed by atoms with Gasteiger partial charge in [-0.2, -0.15) is 13.2 Å². The number of rotatable bonds is 5. The van der Waals surface area contributed by atoms with Crippen LogP contribution in [0.15, 0.2) is 0 Å². The second kappa shape index (κ2) is 7.22. The van der Waals surface area contributed by atoms with Crippen molar-refractivity contribution in [2.45, 2.75) is 56.0 Å². The van der Waals surface area contributed by atoms with E-state index >= 15 is 0 Å². The van der Waals surface area contributed by atoms with Crippen molar-refractivity contribution in [1.29, 1.82) is 0 Å². The summed E-state index contributed by atoms with van der Waals surface area (Å²) < 4.78 is 36.3. The van der Waals surface area contributed by atoms with E-state index in [1.54, 1.807) is 0 Å². The molecule has 1 saturated heterocycles. The fourth-order valence-electron chi connectivity index (χ4n) is 3.46. The van der Waals surface area contributed by atoms with Crippen LogP contribution in [0.5, 0.6) is 0 Å². The van der Waals surface area contributed by atoms with Crippen molar-refractivity contribution in [2.75, 3.05) is 25.4 Å². The molecule has 1 amide bonds. The van der Waals surface area contributed by atoms with Gasteiger partial charge in [-0.1, -0.05) is 19.3 Å². The molecule has 0 unspecified atom stereocenters. The fourth-order valence-corrected chi connectivity index (χ4v) is 3.90. The van der Waals surface area contributed by atoms with Crippen LogP contribution in [0.25, 0.3) is 0 Å². The van der Waals surface area contributed by atoms with Gasteiger partial charge >= 0.3 is 5.51 Å². The zero-order valence-electron chi connectivity index (χ0n) is 12.2. The maximum Gasteiger partial charge on any atom is 0.441 e. The topological polar surface area (TPSA) is 32.3 Å². The number of nitrogens with zero attached hydrogens (tertiary/aromatic N) is 1. The van der Waals surface area contributed by atoms with Crippen molar-refractivity contribution in [3.63, 3.8) is 0 Å². The molecule has 2 aliphatic rings. The number of alkyl halides is 3. The quantitative estimate of drug-likeness (QED) is 0.789. The minimum absolute atomic E-state index is 0.0631. The van der Waals surface area contributed by atoms with Crippen molar-refractivity contribution in [3.05, 3.63) is 0 Å². The van der Waals surface area contributed by atoms with Gasteiger partial charge in [-0.25, -0.2) is 0 Å². The van der Waals surface area contributed by atoms with Crippen LogP contribution in [0.3, 0.4) is 0 Å². The van der Waals surface area contributed by atoms with Gasteiger partial charge in [-0.15, -0.1) is 0 Å². The largest absolute Gasteiger partial charge is 0.441 e. The van der Waals surface area contributed by atoms with E-state index in [4.69, 9.17) is 0 Å². The van der Waals surface area contributed by atoms with Crippen LogP contribution in [0.2, 0.25) is 0 Å². The second-order valence-electron chi connectivity index (χ2n) is 5.84. The number of carbonyl (C=O) groups is 1. The van der Waals surface area contributed by atoms with Crippen LogP contribution in [0.4, 0.5) is 13.2 Å². The molecule has 1 aliphatic carbocycles. The Hall–Kier alpha value is -0.430. The summed E-state index contributed by atoms with van der Waals surface area (Å²) in [5.74, 6) is -0.183. The molecule has 122 valence electrons. The molecule has 0 bridgehead atoms. The van der Waals surface area contributed by atoms with Gasteiger partial charge in [-0.3, -0.25) is 9.69 Å². The van der Waals surface area contributed by atoms with Gasteiger partial charge in [0.05, 0.1) is 0 Å². The van der Waals surface area contributed by atoms with Crippen LogP contribution in [0, 0.1) is 0 Å². The molecule has 2 fully saturated rings. The van der Waals surface area contributed by atoms with Crippen LogP contribution < -0.4 is 5.32 Å². The predicted octanol–water partition coefficient (Wildman–Crippen LogP) is 3.15. The van der Waals surface area contributed by atoms with Gasteiger partial charge in [0.25, 0.3) is 0 Å². The normalized spacial score (nSPS) is 23.2. The summed E-state index contributed by atoms with van der Waals surface area (Å²) in [6.07, 6.45) is 7.10. The number of thioether (sulfide) groups is 1. The Bertz CT molecular complexity index is 351. The molecule has 2 rings (SSSR count). The lowest BCUT2D eigenvalue weighted by Crippen LogP contribution is -2.59. The molecule has 21 heavy (non-hydrogen) atoms. The summed E-state index contributed by atoms with van der Waals surface area (Å²) in [6, 6.07) is 0. The van der Waals surface area contributed by atoms with E-state index in [2.05, 4.69) is 10.2 Å². The molecule has 0 atom stereocenters. The molecule has 0 radical (unpaired) electrons. The highest BCUT2D eigenvalue weighted by atomic mass is 32.2. The van der Waals surface area contributed by atoms with Crippen molar-refractivity contribution in [1.82, 2.24) is 10.2 Å². The molecule has 1 saturated carbocycles. The third-order valence-electron chi connectivity index (χ3n) is 4.47. The molecule has 1 N–H and O–H groups in total. The average molecular weight is 324 g/mol. The van der Waals surface area contributed by atoms with Crippen LogP contribution in [-0.2, 0) is 4.79 Å². The molecule has 0 spiro atoms. The molecular weight excluding hydrogens is 301 g/mol. The van der Waals surface area contributed by atoms with Gasteiger partial charge in [0.2, 0.25) is 5.91 Å². The number of hydrogen-bond donors (Lipinski definition) is 1. The molecule has 0 aromatic rings. The summed E-state index contributed by atoms with van der Waals surface area (Å²) in [5.41, 5.74) is -4.68. The average Bonchev–Trinajstić information content (AvgIpc) is 2.97. The Labute approximate surface area is 128 Å². The van der Waals surface area contributed by atoms with Crippen molar-refractivity contribution < 1.29 is 18.0 Å². The van der Waals surface area contributed by atoms with Gasteiger partial charge in [0.1, 0.15) is 5.54 Å². The molecule has 1 heterocycles. The van der Waals surface area contributed by atoms with E-state index in [1.165, 1.54) is 0 Å². The maximum absolute atomic E-state index is 12.6. The Balaban J connectivity index is 1.89. The molecular formula is C14H23F3N2OS. The zero-order chi connectivity index (χ0) is 15.3. The molecule has 3 nitrogen and oxygen atoms in total.